The van der Waals surface area contributed by atoms with E-state index in [1.165, 1.54) is 16.9 Å². The third-order valence-electron chi connectivity index (χ3n) is 6.91. The fourth-order valence-electron chi connectivity index (χ4n) is 4.82. The zero-order valence-electron chi connectivity index (χ0n) is 22.3. The van der Waals surface area contributed by atoms with Gasteiger partial charge in [-0.05, 0) is 72.8 Å². The van der Waals surface area contributed by atoms with Gasteiger partial charge in [-0.1, -0.05) is 18.2 Å². The van der Waals surface area contributed by atoms with Gasteiger partial charge < -0.3 is 20.2 Å². The Bertz CT molecular complexity index is 1820. The highest BCUT2D eigenvalue weighted by molar-refractivity contribution is 8.02. The van der Waals surface area contributed by atoms with Gasteiger partial charge in [0.25, 0.3) is 6.43 Å². The number of rotatable bonds is 9. The van der Waals surface area contributed by atoms with Crippen LogP contribution in [0, 0.1) is 12.7 Å². The minimum atomic E-state index is -2.61. The van der Waals surface area contributed by atoms with Crippen LogP contribution in [0.3, 0.4) is 0 Å². The Balaban J connectivity index is 1.27. The van der Waals surface area contributed by atoms with E-state index in [1.54, 1.807) is 60.3 Å². The first-order valence-electron chi connectivity index (χ1n) is 13.1. The van der Waals surface area contributed by atoms with Gasteiger partial charge in [-0.2, -0.15) is 5.10 Å². The number of aryl methyl sites for hydroxylation is 1. The molecule has 0 radical (unpaired) electrons. The molecule has 3 N–H and O–H groups in total. The number of alkyl halides is 2. The number of halogens is 3. The van der Waals surface area contributed by atoms with Gasteiger partial charge in [-0.25, -0.2) is 17.9 Å². The molecule has 6 rings (SSSR count). The summed E-state index contributed by atoms with van der Waals surface area (Å²) in [5.41, 5.74) is 9.61. The summed E-state index contributed by atoms with van der Waals surface area (Å²) in [5.74, 6) is 0.228. The van der Waals surface area contributed by atoms with Crippen molar-refractivity contribution in [2.45, 2.75) is 25.0 Å². The molecular weight excluding hydrogens is 565 g/mol. The topological polar surface area (TPSA) is 95.2 Å². The number of nitrogens with two attached hydrogens (primary N) is 1. The number of hydrogen-bond acceptors (Lipinski definition) is 6. The van der Waals surface area contributed by atoms with E-state index in [9.17, 15) is 18.0 Å². The molecule has 3 aromatic carbocycles. The lowest BCUT2D eigenvalue weighted by molar-refractivity contribution is 0.0815. The normalized spacial score (nSPS) is 14.6. The monoisotopic (exact) mass is 590 g/mol. The summed E-state index contributed by atoms with van der Waals surface area (Å²) >= 11 is 1.59. The summed E-state index contributed by atoms with van der Waals surface area (Å²) in [4.78, 5) is 16.7. The van der Waals surface area contributed by atoms with E-state index in [0.29, 0.717) is 33.7 Å². The zero-order valence-corrected chi connectivity index (χ0v) is 23.1. The number of para-hydroxylation sites is 1. The first-order chi connectivity index (χ1) is 20.3. The maximum Gasteiger partial charge on any atom is 0.272 e. The van der Waals surface area contributed by atoms with E-state index in [-0.39, 0.29) is 33.9 Å². The number of aromatic amines is 1. The number of fused-ring (bicyclic) bond motifs is 1. The molecule has 2 aromatic heterocycles. The van der Waals surface area contributed by atoms with Crippen LogP contribution in [0.2, 0.25) is 0 Å². The molecule has 1 aliphatic rings. The van der Waals surface area contributed by atoms with E-state index >= 15 is 0 Å². The fraction of sp³-hybridized carbons (Fsp3) is 0.161. The van der Waals surface area contributed by atoms with Crippen LogP contribution in [-0.2, 0) is 0 Å². The molecule has 3 heterocycles. The lowest BCUT2D eigenvalue weighted by Crippen LogP contribution is -2.09. The molecule has 1 unspecified atom stereocenters. The molecule has 214 valence electrons. The summed E-state index contributed by atoms with van der Waals surface area (Å²) in [6, 6.07) is 16.5. The molecule has 0 fully saturated rings. The minimum Gasteiger partial charge on any atom is -0.487 e. The SMILES string of the molecule is Cc1cc(-n2ncc(C(=O)c3cc4cc(OCC(F)F)c(C5CC=CS5)cc4[nH]3)c2N)ccc1Oc1ccccc1F. The number of H-pyrrole nitrogens is 1. The van der Waals surface area contributed by atoms with Gasteiger partial charge >= 0.3 is 0 Å². The van der Waals surface area contributed by atoms with Crippen molar-refractivity contribution in [3.63, 3.8) is 0 Å². The van der Waals surface area contributed by atoms with Crippen LogP contribution < -0.4 is 15.2 Å². The number of carbonyl (C=O) groups is 1. The van der Waals surface area contributed by atoms with Gasteiger partial charge in [0, 0.05) is 21.7 Å². The molecule has 0 aliphatic carbocycles. The first-order valence-corrected chi connectivity index (χ1v) is 14.0. The maximum absolute atomic E-state index is 14.0. The molecule has 1 aliphatic heterocycles. The number of nitrogens with zero attached hydrogens (tertiary/aromatic N) is 2. The molecule has 0 spiro atoms. The Morgan fingerprint density at radius 1 is 1.14 bits per heavy atom. The van der Waals surface area contributed by atoms with Crippen LogP contribution in [0.1, 0.15) is 38.8 Å². The van der Waals surface area contributed by atoms with Gasteiger partial charge in [0.05, 0.1) is 23.1 Å². The standard InChI is InChI=1S/C31H25F3N4O3S/c1-17-11-19(8-9-25(17)41-26-6-3-2-5-22(26)32)38-31(35)21(15-36-38)30(39)24-12-18-13-27(40-16-29(33)34)20(14-23(18)37-24)28-7-4-10-42-28/h2-6,8-15,28-29,37H,7,16,35H2,1H3. The summed E-state index contributed by atoms with van der Waals surface area (Å²) in [6.45, 7) is 1.09. The van der Waals surface area contributed by atoms with Crippen molar-refractivity contribution < 1.29 is 27.4 Å². The van der Waals surface area contributed by atoms with E-state index in [0.717, 1.165) is 12.0 Å². The van der Waals surface area contributed by atoms with E-state index in [4.69, 9.17) is 15.2 Å². The van der Waals surface area contributed by atoms with Crippen molar-refractivity contribution >= 4 is 34.3 Å². The largest absolute Gasteiger partial charge is 0.487 e. The van der Waals surface area contributed by atoms with Gasteiger partial charge in [-0.3, -0.25) is 4.79 Å². The summed E-state index contributed by atoms with van der Waals surface area (Å²) < 4.78 is 52.5. The number of hydrogen-bond donors (Lipinski definition) is 2. The average Bonchev–Trinajstić information content (AvgIpc) is 3.73. The highest BCUT2D eigenvalue weighted by Crippen LogP contribution is 2.44. The van der Waals surface area contributed by atoms with E-state index in [2.05, 4.69) is 10.1 Å². The predicted molar refractivity (Wildman–Crippen MR) is 157 cm³/mol. The Morgan fingerprint density at radius 2 is 1.98 bits per heavy atom. The number of ether oxygens (including phenoxy) is 2. The van der Waals surface area contributed by atoms with Crippen molar-refractivity contribution in [3.8, 4) is 22.9 Å². The highest BCUT2D eigenvalue weighted by Gasteiger charge is 2.24. The Kier molecular flexibility index (Phi) is 7.42. The molecule has 7 nitrogen and oxygen atoms in total. The Labute approximate surface area is 243 Å². The van der Waals surface area contributed by atoms with Gasteiger partial charge in [0.2, 0.25) is 5.78 Å². The molecule has 0 bridgehead atoms. The van der Waals surface area contributed by atoms with Crippen molar-refractivity contribution in [1.29, 1.82) is 0 Å². The van der Waals surface area contributed by atoms with Crippen LogP contribution in [-0.4, -0.2) is 33.6 Å². The summed E-state index contributed by atoms with van der Waals surface area (Å²) in [5, 5.41) is 6.99. The second-order valence-corrected chi connectivity index (χ2v) is 10.9. The first kappa shape index (κ1) is 27.5. The van der Waals surface area contributed by atoms with Crippen LogP contribution in [0.4, 0.5) is 19.0 Å². The van der Waals surface area contributed by atoms with Crippen LogP contribution >= 0.6 is 11.8 Å². The summed E-state index contributed by atoms with van der Waals surface area (Å²) in [7, 11) is 0. The number of allylic oxidation sites excluding steroid dienone is 1. The molecular formula is C31H25F3N4O3S. The molecule has 1 atom stereocenters. The Hall–Kier alpha value is -4.64. The molecule has 0 saturated heterocycles. The van der Waals surface area contributed by atoms with Gasteiger partial charge in [-0.15, -0.1) is 11.8 Å². The van der Waals surface area contributed by atoms with Crippen LogP contribution in [0.25, 0.3) is 16.6 Å². The fourth-order valence-corrected chi connectivity index (χ4v) is 5.79. The number of nitrogens with one attached hydrogen (secondary N) is 1. The Morgan fingerprint density at radius 3 is 2.71 bits per heavy atom. The number of thioether (sulfide) groups is 1. The number of carbonyl (C=O) groups excluding carboxylic acids is 1. The maximum atomic E-state index is 14.0. The molecule has 0 saturated carbocycles. The lowest BCUT2D eigenvalue weighted by Gasteiger charge is -2.16. The average molecular weight is 591 g/mol. The third kappa shape index (κ3) is 5.35. The molecule has 42 heavy (non-hydrogen) atoms. The number of ketones is 1. The lowest BCUT2D eigenvalue weighted by atomic mass is 10.1. The van der Waals surface area contributed by atoms with E-state index in [1.807, 2.05) is 24.5 Å². The van der Waals surface area contributed by atoms with Crippen molar-refractivity contribution in [1.82, 2.24) is 14.8 Å². The second-order valence-electron chi connectivity index (χ2n) is 9.76. The predicted octanol–water partition coefficient (Wildman–Crippen LogP) is 7.74. The quantitative estimate of drug-likeness (QED) is 0.171. The van der Waals surface area contributed by atoms with Crippen LogP contribution in [0.15, 0.2) is 78.3 Å². The number of aromatic nitrogens is 3. The smallest absolute Gasteiger partial charge is 0.272 e. The van der Waals surface area contributed by atoms with Crippen molar-refractivity contribution in [2.24, 2.45) is 0 Å². The number of anilines is 1. The van der Waals surface area contributed by atoms with Gasteiger partial charge in [0.1, 0.15) is 23.9 Å². The number of benzene rings is 3. The zero-order chi connectivity index (χ0) is 29.4. The van der Waals surface area contributed by atoms with E-state index < -0.39 is 18.8 Å². The van der Waals surface area contributed by atoms with Gasteiger partial charge in [0.15, 0.2) is 11.6 Å². The molecule has 11 heteroatoms. The highest BCUT2D eigenvalue weighted by atomic mass is 32.2. The second kappa shape index (κ2) is 11.3. The van der Waals surface area contributed by atoms with Crippen LogP contribution in [0.5, 0.6) is 17.2 Å². The number of nitrogen functional groups attached to an aromatic ring is 1. The summed E-state index contributed by atoms with van der Waals surface area (Å²) in [6.07, 6.45) is 1.56. The van der Waals surface area contributed by atoms with Crippen molar-refractivity contribution in [2.75, 3.05) is 12.3 Å². The van der Waals surface area contributed by atoms with Crippen molar-refractivity contribution in [3.05, 3.63) is 107 Å². The third-order valence-corrected chi connectivity index (χ3v) is 8.03. The molecule has 0 amide bonds. The minimum absolute atomic E-state index is 0.0327. The molecule has 5 aromatic rings.